The van der Waals surface area contributed by atoms with Crippen LogP contribution in [0.25, 0.3) is 0 Å². The highest BCUT2D eigenvalue weighted by Crippen LogP contribution is 2.18. The number of halogens is 2. The van der Waals surface area contributed by atoms with Crippen LogP contribution in [-0.2, 0) is 0 Å². The smallest absolute Gasteiger partial charge is 0.0997 e. The molecule has 1 radical (unpaired) electrons. The summed E-state index contributed by atoms with van der Waals surface area (Å²) in [4.78, 5) is 0. The van der Waals surface area contributed by atoms with Crippen molar-refractivity contribution in [3.05, 3.63) is 40.8 Å². The molecule has 0 fully saturated rings. The number of alkyl halides is 1. The first-order chi connectivity index (χ1) is 5.24. The predicted octanol–water partition coefficient (Wildman–Crippen LogP) is 3.25. The second-order valence-electron chi connectivity index (χ2n) is 2.42. The van der Waals surface area contributed by atoms with E-state index >= 15 is 0 Å². The van der Waals surface area contributed by atoms with Crippen molar-refractivity contribution in [2.75, 3.05) is 6.67 Å². The molecule has 59 valence electrons. The van der Waals surface area contributed by atoms with Gasteiger partial charge in [-0.3, -0.25) is 4.39 Å². The van der Waals surface area contributed by atoms with E-state index < -0.39 is 6.67 Å². The SMILES string of the molecule is C[C](CF)c1cccc(Cl)c1. The Morgan fingerprint density at radius 1 is 1.55 bits per heavy atom. The quantitative estimate of drug-likeness (QED) is 0.641. The first-order valence-electron chi connectivity index (χ1n) is 3.38. The van der Waals surface area contributed by atoms with Crippen molar-refractivity contribution in [2.24, 2.45) is 0 Å². The van der Waals surface area contributed by atoms with E-state index in [2.05, 4.69) is 0 Å². The van der Waals surface area contributed by atoms with Gasteiger partial charge >= 0.3 is 0 Å². The fourth-order valence-electron chi connectivity index (χ4n) is 0.831. The van der Waals surface area contributed by atoms with Crippen molar-refractivity contribution in [3.63, 3.8) is 0 Å². The molecule has 0 spiro atoms. The van der Waals surface area contributed by atoms with Crippen LogP contribution in [0.15, 0.2) is 24.3 Å². The Labute approximate surface area is 71.0 Å². The molecule has 0 nitrogen and oxygen atoms in total. The van der Waals surface area contributed by atoms with Crippen LogP contribution in [0.3, 0.4) is 0 Å². The lowest BCUT2D eigenvalue weighted by Crippen LogP contribution is -1.95. The van der Waals surface area contributed by atoms with Gasteiger partial charge in [0, 0.05) is 10.9 Å². The van der Waals surface area contributed by atoms with Crippen molar-refractivity contribution in [1.82, 2.24) is 0 Å². The minimum absolute atomic E-state index is 0.416. The van der Waals surface area contributed by atoms with Crippen LogP contribution < -0.4 is 0 Å². The fourth-order valence-corrected chi connectivity index (χ4v) is 1.02. The van der Waals surface area contributed by atoms with Gasteiger partial charge in [0.25, 0.3) is 0 Å². The van der Waals surface area contributed by atoms with Crippen LogP contribution in [0.2, 0.25) is 5.02 Å². The van der Waals surface area contributed by atoms with Crippen LogP contribution in [0.1, 0.15) is 12.5 Å². The molecule has 0 heterocycles. The van der Waals surface area contributed by atoms with Gasteiger partial charge in [0.2, 0.25) is 0 Å². The average molecular weight is 172 g/mol. The predicted molar refractivity (Wildman–Crippen MR) is 45.4 cm³/mol. The van der Waals surface area contributed by atoms with Gasteiger partial charge in [0.15, 0.2) is 0 Å². The summed E-state index contributed by atoms with van der Waals surface area (Å²) in [6, 6.07) is 7.20. The van der Waals surface area contributed by atoms with E-state index in [0.29, 0.717) is 10.9 Å². The molecule has 0 unspecified atom stereocenters. The second kappa shape index (κ2) is 3.72. The average Bonchev–Trinajstić information content (AvgIpc) is 2.03. The summed E-state index contributed by atoms with van der Waals surface area (Å²) in [7, 11) is 0. The monoisotopic (exact) mass is 171 g/mol. The molecule has 0 N–H and O–H groups in total. The van der Waals surface area contributed by atoms with Crippen LogP contribution in [-0.4, -0.2) is 6.67 Å². The van der Waals surface area contributed by atoms with Gasteiger partial charge in [-0.05, 0) is 17.7 Å². The molecule has 1 aromatic carbocycles. The summed E-state index contributed by atoms with van der Waals surface area (Å²) >= 11 is 5.71. The summed E-state index contributed by atoms with van der Waals surface area (Å²) in [5.41, 5.74) is 0.875. The Balaban J connectivity index is 2.86. The molecule has 0 atom stereocenters. The number of rotatable bonds is 2. The van der Waals surface area contributed by atoms with Gasteiger partial charge in [-0.15, -0.1) is 0 Å². The number of hydrogen-bond donors (Lipinski definition) is 0. The molecule has 0 saturated heterocycles. The largest absolute Gasteiger partial charge is 0.250 e. The highest BCUT2D eigenvalue weighted by Gasteiger charge is 2.04. The van der Waals surface area contributed by atoms with E-state index in [1.165, 1.54) is 0 Å². The van der Waals surface area contributed by atoms with E-state index in [-0.39, 0.29) is 0 Å². The van der Waals surface area contributed by atoms with Crippen molar-refractivity contribution < 1.29 is 4.39 Å². The topological polar surface area (TPSA) is 0 Å². The Kier molecular flexibility index (Phi) is 2.89. The van der Waals surface area contributed by atoms with Crippen molar-refractivity contribution in [1.29, 1.82) is 0 Å². The van der Waals surface area contributed by atoms with E-state index in [0.717, 1.165) is 5.56 Å². The number of benzene rings is 1. The van der Waals surface area contributed by atoms with Crippen molar-refractivity contribution in [3.8, 4) is 0 Å². The van der Waals surface area contributed by atoms with E-state index in [1.807, 2.05) is 12.1 Å². The molecule has 0 amide bonds. The molecule has 0 aliphatic rings. The lowest BCUT2D eigenvalue weighted by atomic mass is 10.0. The van der Waals surface area contributed by atoms with Crippen molar-refractivity contribution in [2.45, 2.75) is 6.92 Å². The molecule has 1 rings (SSSR count). The van der Waals surface area contributed by atoms with Gasteiger partial charge in [-0.2, -0.15) is 0 Å². The highest BCUT2D eigenvalue weighted by atomic mass is 35.5. The van der Waals surface area contributed by atoms with Gasteiger partial charge in [0.1, 0.15) is 0 Å². The summed E-state index contributed by atoms with van der Waals surface area (Å²) in [6.45, 7) is 1.34. The van der Waals surface area contributed by atoms with Crippen LogP contribution in [0.4, 0.5) is 4.39 Å². The fraction of sp³-hybridized carbons (Fsp3) is 0.222. The molecule has 0 saturated carbocycles. The summed E-state index contributed by atoms with van der Waals surface area (Å²) in [5, 5.41) is 0.648. The zero-order valence-corrected chi connectivity index (χ0v) is 7.03. The number of hydrogen-bond acceptors (Lipinski definition) is 0. The van der Waals surface area contributed by atoms with E-state index in [9.17, 15) is 4.39 Å². The highest BCUT2D eigenvalue weighted by molar-refractivity contribution is 6.30. The van der Waals surface area contributed by atoms with Crippen LogP contribution in [0, 0.1) is 5.92 Å². The minimum atomic E-state index is -0.416. The maximum absolute atomic E-state index is 12.1. The Hall–Kier alpha value is -0.560. The molecule has 0 bridgehead atoms. The van der Waals surface area contributed by atoms with Gasteiger partial charge in [-0.1, -0.05) is 30.7 Å². The third-order valence-corrected chi connectivity index (χ3v) is 1.75. The molecule has 0 aliphatic heterocycles. The van der Waals surface area contributed by atoms with Crippen LogP contribution in [0.5, 0.6) is 0 Å². The Morgan fingerprint density at radius 3 is 2.82 bits per heavy atom. The molecular weight excluding hydrogens is 163 g/mol. The lowest BCUT2D eigenvalue weighted by Gasteiger charge is -2.05. The van der Waals surface area contributed by atoms with E-state index in [4.69, 9.17) is 11.6 Å². The molecule has 2 heteroatoms. The minimum Gasteiger partial charge on any atom is -0.250 e. The van der Waals surface area contributed by atoms with Gasteiger partial charge < -0.3 is 0 Å². The van der Waals surface area contributed by atoms with Crippen molar-refractivity contribution >= 4 is 11.6 Å². The standard InChI is InChI=1S/C9H9ClF/c1-7(6-11)8-3-2-4-9(10)5-8/h2-5H,6H2,1H3. The first-order valence-corrected chi connectivity index (χ1v) is 3.76. The third-order valence-electron chi connectivity index (χ3n) is 1.52. The maximum Gasteiger partial charge on any atom is 0.0997 e. The normalized spacial score (nSPS) is 10.5. The maximum atomic E-state index is 12.1. The summed E-state index contributed by atoms with van der Waals surface area (Å²) in [5.74, 6) is 0.715. The molecule has 11 heavy (non-hydrogen) atoms. The van der Waals surface area contributed by atoms with Gasteiger partial charge in [-0.25, -0.2) is 0 Å². The first kappa shape index (κ1) is 8.54. The summed E-state index contributed by atoms with van der Waals surface area (Å²) < 4.78 is 12.1. The second-order valence-corrected chi connectivity index (χ2v) is 2.86. The zero-order chi connectivity index (χ0) is 8.27. The molecule has 1 aromatic rings. The third kappa shape index (κ3) is 2.19. The Bertz CT molecular complexity index is 235. The summed E-state index contributed by atoms with van der Waals surface area (Å²) in [6.07, 6.45) is 0. The Morgan fingerprint density at radius 2 is 2.27 bits per heavy atom. The molecule has 0 aliphatic carbocycles. The van der Waals surface area contributed by atoms with E-state index in [1.54, 1.807) is 19.1 Å². The van der Waals surface area contributed by atoms with Gasteiger partial charge in [0.05, 0.1) is 6.67 Å². The zero-order valence-electron chi connectivity index (χ0n) is 6.27. The molecular formula is C9H9ClF. The lowest BCUT2D eigenvalue weighted by molar-refractivity contribution is 0.516. The van der Waals surface area contributed by atoms with Crippen LogP contribution >= 0.6 is 11.6 Å². The molecule has 0 aromatic heterocycles.